The number of thiazole rings is 1. The highest BCUT2D eigenvalue weighted by Crippen LogP contribution is 2.35. The SMILES string of the molecule is C=C(N)SC(=C(C)C)c1csc(Nc2ccc(C)c(C(C)C)n2)n1. The maximum atomic E-state index is 5.74. The van der Waals surface area contributed by atoms with Gasteiger partial charge in [-0.1, -0.05) is 43.8 Å². The lowest BCUT2D eigenvalue weighted by Crippen LogP contribution is -2.01. The van der Waals surface area contributed by atoms with Gasteiger partial charge in [0.1, 0.15) is 5.82 Å². The molecular weight excluding hydrogens is 336 g/mol. The molecule has 0 aliphatic carbocycles. The first-order chi connectivity index (χ1) is 11.3. The van der Waals surface area contributed by atoms with Crippen molar-refractivity contribution in [1.29, 1.82) is 0 Å². The van der Waals surface area contributed by atoms with Crippen molar-refractivity contribution < 1.29 is 0 Å². The highest BCUT2D eigenvalue weighted by molar-refractivity contribution is 8.11. The van der Waals surface area contributed by atoms with E-state index in [1.54, 1.807) is 11.3 Å². The zero-order chi connectivity index (χ0) is 17.9. The molecule has 3 N–H and O–H groups in total. The first-order valence-electron chi connectivity index (χ1n) is 7.78. The van der Waals surface area contributed by atoms with Gasteiger partial charge in [-0.2, -0.15) is 0 Å². The lowest BCUT2D eigenvalue weighted by molar-refractivity contribution is 0.813. The van der Waals surface area contributed by atoms with E-state index in [-0.39, 0.29) is 0 Å². The average molecular weight is 361 g/mol. The fourth-order valence-electron chi connectivity index (χ4n) is 2.29. The van der Waals surface area contributed by atoms with Crippen molar-refractivity contribution in [2.45, 2.75) is 40.5 Å². The van der Waals surface area contributed by atoms with Crippen LogP contribution >= 0.6 is 23.1 Å². The molecule has 0 aliphatic heterocycles. The second-order valence-corrected chi connectivity index (χ2v) is 8.11. The lowest BCUT2D eigenvalue weighted by atomic mass is 10.1. The number of anilines is 2. The zero-order valence-corrected chi connectivity index (χ0v) is 16.4. The molecule has 0 radical (unpaired) electrons. The Labute approximate surface area is 152 Å². The van der Waals surface area contributed by atoms with E-state index in [1.165, 1.54) is 22.9 Å². The minimum absolute atomic E-state index is 0.392. The van der Waals surface area contributed by atoms with Gasteiger partial charge >= 0.3 is 0 Å². The topological polar surface area (TPSA) is 63.8 Å². The van der Waals surface area contributed by atoms with Crippen LogP contribution in [0, 0.1) is 6.92 Å². The van der Waals surface area contributed by atoms with Crippen molar-refractivity contribution >= 4 is 39.0 Å². The van der Waals surface area contributed by atoms with Crippen LogP contribution in [-0.4, -0.2) is 9.97 Å². The molecule has 0 aromatic carbocycles. The third-order valence-electron chi connectivity index (χ3n) is 3.34. The third kappa shape index (κ3) is 4.61. The van der Waals surface area contributed by atoms with Gasteiger partial charge in [-0.3, -0.25) is 0 Å². The van der Waals surface area contributed by atoms with Crippen LogP contribution in [0.5, 0.6) is 0 Å². The van der Waals surface area contributed by atoms with Crippen molar-refractivity contribution in [3.8, 4) is 0 Å². The molecule has 6 heteroatoms. The van der Waals surface area contributed by atoms with Gasteiger partial charge in [0.05, 0.1) is 10.7 Å². The highest BCUT2D eigenvalue weighted by atomic mass is 32.2. The van der Waals surface area contributed by atoms with Crippen LogP contribution in [0.4, 0.5) is 10.9 Å². The maximum absolute atomic E-state index is 5.74. The summed E-state index contributed by atoms with van der Waals surface area (Å²) < 4.78 is 0. The molecule has 0 saturated heterocycles. The molecule has 2 heterocycles. The Hall–Kier alpha value is -1.79. The smallest absolute Gasteiger partial charge is 0.188 e. The highest BCUT2D eigenvalue weighted by Gasteiger charge is 2.12. The van der Waals surface area contributed by atoms with Crippen molar-refractivity contribution in [2.24, 2.45) is 5.73 Å². The van der Waals surface area contributed by atoms with Gasteiger partial charge in [0.2, 0.25) is 0 Å². The van der Waals surface area contributed by atoms with Crippen LogP contribution in [0.3, 0.4) is 0 Å². The Kier molecular flexibility index (Phi) is 6.07. The molecule has 0 fully saturated rings. The van der Waals surface area contributed by atoms with Gasteiger partial charge in [0.15, 0.2) is 5.13 Å². The summed E-state index contributed by atoms with van der Waals surface area (Å²) in [5.41, 5.74) is 10.1. The van der Waals surface area contributed by atoms with Gasteiger partial charge in [0, 0.05) is 16.0 Å². The summed E-state index contributed by atoms with van der Waals surface area (Å²) in [6.07, 6.45) is 0. The van der Waals surface area contributed by atoms with Gasteiger partial charge in [-0.15, -0.1) is 11.3 Å². The number of rotatable bonds is 6. The number of thioether (sulfide) groups is 1. The number of aromatic nitrogens is 2. The molecule has 0 atom stereocenters. The molecule has 0 saturated carbocycles. The summed E-state index contributed by atoms with van der Waals surface area (Å²) in [6.45, 7) is 14.3. The number of aryl methyl sites for hydroxylation is 1. The summed E-state index contributed by atoms with van der Waals surface area (Å²) in [7, 11) is 0. The van der Waals surface area contributed by atoms with Crippen LogP contribution in [0.1, 0.15) is 50.6 Å². The number of nitrogens with one attached hydrogen (secondary N) is 1. The molecule has 0 amide bonds. The fourth-order valence-corrected chi connectivity index (χ4v) is 3.74. The minimum atomic E-state index is 0.392. The predicted octanol–water partition coefficient (Wildman–Crippen LogP) is 5.63. The molecule has 0 unspecified atom stereocenters. The molecule has 2 rings (SSSR count). The first kappa shape index (κ1) is 18.5. The Bertz CT molecular complexity index is 771. The van der Waals surface area contributed by atoms with Gasteiger partial charge < -0.3 is 11.1 Å². The average Bonchev–Trinajstić information content (AvgIpc) is 2.94. The summed E-state index contributed by atoms with van der Waals surface area (Å²) in [5.74, 6) is 1.21. The number of nitrogens with zero attached hydrogens (tertiary/aromatic N) is 2. The molecule has 0 bridgehead atoms. The summed E-state index contributed by atoms with van der Waals surface area (Å²) in [5, 5.41) is 6.71. The van der Waals surface area contributed by atoms with Gasteiger partial charge in [0.25, 0.3) is 0 Å². The van der Waals surface area contributed by atoms with Crippen LogP contribution in [-0.2, 0) is 0 Å². The second kappa shape index (κ2) is 7.85. The second-order valence-electron chi connectivity index (χ2n) is 6.11. The van der Waals surface area contributed by atoms with E-state index >= 15 is 0 Å². The zero-order valence-electron chi connectivity index (χ0n) is 14.8. The number of hydrogen-bond acceptors (Lipinski definition) is 6. The minimum Gasteiger partial charge on any atom is -0.394 e. The van der Waals surface area contributed by atoms with Gasteiger partial charge in [-0.25, -0.2) is 9.97 Å². The third-order valence-corrected chi connectivity index (χ3v) is 5.18. The Morgan fingerprint density at radius 3 is 2.58 bits per heavy atom. The van der Waals surface area contributed by atoms with Crippen LogP contribution < -0.4 is 11.1 Å². The normalized spacial score (nSPS) is 10.8. The van der Waals surface area contributed by atoms with Crippen molar-refractivity contribution in [2.75, 3.05) is 5.32 Å². The summed E-state index contributed by atoms with van der Waals surface area (Å²) in [4.78, 5) is 10.4. The van der Waals surface area contributed by atoms with E-state index in [1.807, 2.05) is 25.3 Å². The first-order valence-corrected chi connectivity index (χ1v) is 9.47. The van der Waals surface area contributed by atoms with E-state index < -0.39 is 0 Å². The van der Waals surface area contributed by atoms with Crippen molar-refractivity contribution in [3.63, 3.8) is 0 Å². The summed E-state index contributed by atoms with van der Waals surface area (Å²) >= 11 is 3.01. The Morgan fingerprint density at radius 2 is 2.00 bits per heavy atom. The molecule has 128 valence electrons. The van der Waals surface area contributed by atoms with Crippen LogP contribution in [0.25, 0.3) is 4.91 Å². The predicted molar refractivity (Wildman–Crippen MR) is 108 cm³/mol. The molecule has 24 heavy (non-hydrogen) atoms. The molecule has 0 aliphatic rings. The van der Waals surface area contributed by atoms with Crippen molar-refractivity contribution in [3.05, 3.63) is 51.6 Å². The van der Waals surface area contributed by atoms with Crippen LogP contribution in [0.15, 0.2) is 34.7 Å². The number of allylic oxidation sites excluding steroid dienone is 1. The lowest BCUT2D eigenvalue weighted by Gasteiger charge is -2.11. The van der Waals surface area contributed by atoms with E-state index in [2.05, 4.69) is 43.7 Å². The molecule has 2 aromatic rings. The van der Waals surface area contributed by atoms with E-state index in [9.17, 15) is 0 Å². The number of pyridine rings is 1. The molecule has 4 nitrogen and oxygen atoms in total. The quantitative estimate of drug-likeness (QED) is 0.699. The molecule has 2 aromatic heterocycles. The number of nitrogens with two attached hydrogens (primary N) is 1. The standard InChI is InChI=1S/C18H24N4S2/c1-10(2)16-12(5)7-8-15(21-16)22-18-20-14(9-23-18)17(11(3)4)24-13(6)19/h7-10H,6,19H2,1-5H3,(H,20,21,22). The van der Waals surface area contributed by atoms with Crippen molar-refractivity contribution in [1.82, 2.24) is 9.97 Å². The maximum Gasteiger partial charge on any atom is 0.188 e. The van der Waals surface area contributed by atoms with E-state index in [4.69, 9.17) is 10.7 Å². The number of hydrogen-bond donors (Lipinski definition) is 2. The van der Waals surface area contributed by atoms with E-state index in [0.29, 0.717) is 10.9 Å². The monoisotopic (exact) mass is 360 g/mol. The van der Waals surface area contributed by atoms with Gasteiger partial charge in [-0.05, 0) is 38.3 Å². The van der Waals surface area contributed by atoms with Crippen LogP contribution in [0.2, 0.25) is 0 Å². The van der Waals surface area contributed by atoms with E-state index in [0.717, 1.165) is 27.2 Å². The largest absolute Gasteiger partial charge is 0.394 e. The fraction of sp³-hybridized carbons (Fsp3) is 0.333. The Morgan fingerprint density at radius 1 is 1.29 bits per heavy atom. The molecule has 0 spiro atoms. The summed E-state index contributed by atoms with van der Waals surface area (Å²) in [6, 6.07) is 4.08. The Balaban J connectivity index is 2.24. The molecular formula is C18H24N4S2.